The van der Waals surface area contributed by atoms with Gasteiger partial charge >= 0.3 is 0 Å². The van der Waals surface area contributed by atoms with Crippen LogP contribution in [0, 0.1) is 0 Å². The topological polar surface area (TPSA) is 69.6 Å². The van der Waals surface area contributed by atoms with Gasteiger partial charge in [0, 0.05) is 42.2 Å². The Labute approximate surface area is 150 Å². The third kappa shape index (κ3) is 2.90. The number of hydrogen-bond acceptors (Lipinski definition) is 4. The van der Waals surface area contributed by atoms with E-state index in [1.54, 1.807) is 49.6 Å². The summed E-state index contributed by atoms with van der Waals surface area (Å²) in [4.78, 5) is 25.1. The van der Waals surface area contributed by atoms with Crippen LogP contribution in [0.5, 0.6) is 11.5 Å². The lowest BCUT2D eigenvalue weighted by Gasteiger charge is -2.12. The van der Waals surface area contributed by atoms with Crippen LogP contribution in [0.3, 0.4) is 0 Å². The van der Waals surface area contributed by atoms with E-state index in [0.29, 0.717) is 46.7 Å². The smallest absolute Gasteiger partial charge is 0.258 e. The lowest BCUT2D eigenvalue weighted by Crippen LogP contribution is -2.21. The number of anilines is 1. The second kappa shape index (κ2) is 6.55. The maximum absolute atomic E-state index is 12.8. The molecule has 1 N–H and O–H groups in total. The summed E-state index contributed by atoms with van der Waals surface area (Å²) in [5.74, 6) is 1.00. The van der Waals surface area contributed by atoms with Gasteiger partial charge in [-0.1, -0.05) is 18.2 Å². The Morgan fingerprint density at radius 3 is 2.58 bits per heavy atom. The molecule has 0 saturated carbocycles. The molecule has 4 rings (SSSR count). The number of pyridine rings is 1. The number of amides is 1. The fourth-order valence-electron chi connectivity index (χ4n) is 3.04. The van der Waals surface area contributed by atoms with Crippen molar-refractivity contribution >= 4 is 22.4 Å². The molecule has 0 saturated heterocycles. The predicted molar refractivity (Wildman–Crippen MR) is 99.2 cm³/mol. The van der Waals surface area contributed by atoms with Crippen LogP contribution in [0.4, 0.5) is 5.69 Å². The van der Waals surface area contributed by atoms with E-state index in [2.05, 4.69) is 5.32 Å². The standard InChI is InChI=1S/C20H18N2O4/c1-22-12-16(14-5-2-3-6-15(14)20(22)24)19(23)21-13-7-8-17-18(11-13)26-10-4-9-25-17/h2-3,5-8,11-12H,4,9-10H2,1H3,(H,21,23). The van der Waals surface area contributed by atoms with Crippen molar-refractivity contribution in [2.75, 3.05) is 18.5 Å². The van der Waals surface area contributed by atoms with E-state index in [9.17, 15) is 9.59 Å². The first-order chi connectivity index (χ1) is 12.6. The summed E-state index contributed by atoms with van der Waals surface area (Å²) in [6.45, 7) is 1.19. The monoisotopic (exact) mass is 350 g/mol. The zero-order valence-corrected chi connectivity index (χ0v) is 14.3. The summed E-state index contributed by atoms with van der Waals surface area (Å²) >= 11 is 0. The highest BCUT2D eigenvalue weighted by molar-refractivity contribution is 6.12. The fourth-order valence-corrected chi connectivity index (χ4v) is 3.04. The highest BCUT2D eigenvalue weighted by Gasteiger charge is 2.16. The minimum atomic E-state index is -0.286. The molecular formula is C20H18N2O4. The zero-order chi connectivity index (χ0) is 18.1. The van der Waals surface area contributed by atoms with Crippen molar-refractivity contribution in [3.05, 3.63) is 64.6 Å². The van der Waals surface area contributed by atoms with Crippen molar-refractivity contribution in [1.29, 1.82) is 0 Å². The first kappa shape index (κ1) is 16.2. The number of fused-ring (bicyclic) bond motifs is 2. The van der Waals surface area contributed by atoms with Crippen molar-refractivity contribution in [3.8, 4) is 11.5 Å². The maximum atomic E-state index is 12.8. The van der Waals surface area contributed by atoms with E-state index in [1.165, 1.54) is 4.57 Å². The van der Waals surface area contributed by atoms with Crippen molar-refractivity contribution < 1.29 is 14.3 Å². The van der Waals surface area contributed by atoms with Crippen molar-refractivity contribution in [1.82, 2.24) is 4.57 Å². The van der Waals surface area contributed by atoms with Gasteiger partial charge in [-0.15, -0.1) is 0 Å². The second-order valence-corrected chi connectivity index (χ2v) is 6.17. The first-order valence-electron chi connectivity index (χ1n) is 8.43. The third-order valence-electron chi connectivity index (χ3n) is 4.34. The van der Waals surface area contributed by atoms with Crippen LogP contribution in [0.2, 0.25) is 0 Å². The van der Waals surface area contributed by atoms with Crippen molar-refractivity contribution in [3.63, 3.8) is 0 Å². The van der Waals surface area contributed by atoms with Gasteiger partial charge in [-0.2, -0.15) is 0 Å². The van der Waals surface area contributed by atoms with Crippen molar-refractivity contribution in [2.24, 2.45) is 7.05 Å². The van der Waals surface area contributed by atoms with Gasteiger partial charge in [0.2, 0.25) is 0 Å². The van der Waals surface area contributed by atoms with Gasteiger partial charge in [-0.3, -0.25) is 9.59 Å². The molecule has 0 aliphatic carbocycles. The third-order valence-corrected chi connectivity index (χ3v) is 4.34. The van der Waals surface area contributed by atoms with E-state index >= 15 is 0 Å². The van der Waals surface area contributed by atoms with Gasteiger partial charge in [-0.05, 0) is 18.2 Å². The molecule has 2 aromatic carbocycles. The Morgan fingerprint density at radius 1 is 1.04 bits per heavy atom. The summed E-state index contributed by atoms with van der Waals surface area (Å²) in [6.07, 6.45) is 2.38. The van der Waals surface area contributed by atoms with E-state index in [4.69, 9.17) is 9.47 Å². The predicted octanol–water partition coefficient (Wildman–Crippen LogP) is 2.95. The maximum Gasteiger partial charge on any atom is 0.258 e. The molecule has 3 aromatic rings. The van der Waals surface area contributed by atoms with Crippen LogP contribution in [-0.2, 0) is 7.05 Å². The van der Waals surface area contributed by atoms with Gasteiger partial charge in [0.1, 0.15) is 0 Å². The molecular weight excluding hydrogens is 332 g/mol. The van der Waals surface area contributed by atoms with Crippen LogP contribution in [0.25, 0.3) is 10.8 Å². The van der Waals surface area contributed by atoms with Crippen LogP contribution in [0.1, 0.15) is 16.8 Å². The number of aromatic nitrogens is 1. The molecule has 0 unspecified atom stereocenters. The van der Waals surface area contributed by atoms with Crippen molar-refractivity contribution in [2.45, 2.75) is 6.42 Å². The van der Waals surface area contributed by atoms with Gasteiger partial charge in [0.25, 0.3) is 11.5 Å². The number of hydrogen-bond donors (Lipinski definition) is 1. The molecule has 2 heterocycles. The summed E-state index contributed by atoms with van der Waals surface area (Å²) in [5, 5.41) is 4.02. The lowest BCUT2D eigenvalue weighted by atomic mass is 10.1. The summed E-state index contributed by atoms with van der Waals surface area (Å²) < 4.78 is 12.7. The van der Waals surface area contributed by atoms with E-state index in [1.807, 2.05) is 6.07 Å². The first-order valence-corrected chi connectivity index (χ1v) is 8.43. The number of carbonyl (C=O) groups is 1. The largest absolute Gasteiger partial charge is 0.490 e. The lowest BCUT2D eigenvalue weighted by molar-refractivity contribution is 0.102. The molecule has 0 spiro atoms. The molecule has 6 heteroatoms. The SMILES string of the molecule is Cn1cc(C(=O)Nc2ccc3c(c2)OCCCO3)c2ccccc2c1=O. The van der Waals surface area contributed by atoms with E-state index in [0.717, 1.165) is 6.42 Å². The zero-order valence-electron chi connectivity index (χ0n) is 14.3. The Morgan fingerprint density at radius 2 is 1.77 bits per heavy atom. The molecule has 1 aliphatic heterocycles. The molecule has 0 radical (unpaired) electrons. The van der Waals surface area contributed by atoms with Gasteiger partial charge in [0.15, 0.2) is 11.5 Å². The molecule has 6 nitrogen and oxygen atoms in total. The normalized spacial score (nSPS) is 13.3. The second-order valence-electron chi connectivity index (χ2n) is 6.17. The van der Waals surface area contributed by atoms with Gasteiger partial charge in [0.05, 0.1) is 18.8 Å². The van der Waals surface area contributed by atoms with Crippen LogP contribution in [0.15, 0.2) is 53.5 Å². The number of nitrogens with one attached hydrogen (secondary N) is 1. The molecule has 0 fully saturated rings. The molecule has 1 aliphatic rings. The Kier molecular flexibility index (Phi) is 4.08. The molecule has 0 bridgehead atoms. The molecule has 0 atom stereocenters. The van der Waals surface area contributed by atoms with Crippen LogP contribution < -0.4 is 20.3 Å². The van der Waals surface area contributed by atoms with E-state index < -0.39 is 0 Å². The van der Waals surface area contributed by atoms with Gasteiger partial charge < -0.3 is 19.4 Å². The highest BCUT2D eigenvalue weighted by Crippen LogP contribution is 2.32. The minimum absolute atomic E-state index is 0.132. The number of carbonyl (C=O) groups excluding carboxylic acids is 1. The Bertz CT molecular complexity index is 1060. The molecule has 1 aromatic heterocycles. The Balaban J connectivity index is 1.69. The number of ether oxygens (including phenoxy) is 2. The Hall–Kier alpha value is -3.28. The minimum Gasteiger partial charge on any atom is -0.490 e. The average molecular weight is 350 g/mol. The fraction of sp³-hybridized carbons (Fsp3) is 0.200. The number of rotatable bonds is 2. The summed E-state index contributed by atoms with van der Waals surface area (Å²) in [7, 11) is 1.64. The number of nitrogens with zero attached hydrogens (tertiary/aromatic N) is 1. The average Bonchev–Trinajstić information content (AvgIpc) is 2.89. The van der Waals surface area contributed by atoms with Gasteiger partial charge in [-0.25, -0.2) is 0 Å². The summed E-state index contributed by atoms with van der Waals surface area (Å²) in [6, 6.07) is 12.4. The van der Waals surface area contributed by atoms with E-state index in [-0.39, 0.29) is 11.5 Å². The highest BCUT2D eigenvalue weighted by atomic mass is 16.5. The number of benzene rings is 2. The van der Waals surface area contributed by atoms with Crippen LogP contribution in [-0.4, -0.2) is 23.7 Å². The number of aryl methyl sites for hydroxylation is 1. The van der Waals surface area contributed by atoms with Crippen LogP contribution >= 0.6 is 0 Å². The quantitative estimate of drug-likeness (QED) is 0.771. The summed E-state index contributed by atoms with van der Waals surface area (Å²) in [5.41, 5.74) is 0.916. The molecule has 132 valence electrons. The molecule has 1 amide bonds. The molecule has 26 heavy (non-hydrogen) atoms.